The van der Waals surface area contributed by atoms with E-state index in [1.165, 1.54) is 0 Å². The first-order chi connectivity index (χ1) is 8.58. The van der Waals surface area contributed by atoms with Gasteiger partial charge in [-0.05, 0) is 34.1 Å². The van der Waals surface area contributed by atoms with Crippen molar-refractivity contribution in [3.63, 3.8) is 0 Å². The van der Waals surface area contributed by atoms with Crippen molar-refractivity contribution < 1.29 is 4.42 Å². The van der Waals surface area contributed by atoms with Gasteiger partial charge < -0.3 is 10.2 Å². The fraction of sp³-hybridized carbons (Fsp3) is 0. The van der Waals surface area contributed by atoms with Crippen LogP contribution in [0.25, 0.3) is 22.1 Å². The lowest BCUT2D eigenvalue weighted by atomic mass is 10.2. The van der Waals surface area contributed by atoms with E-state index in [2.05, 4.69) is 20.9 Å². The van der Waals surface area contributed by atoms with Gasteiger partial charge in [0.1, 0.15) is 11.4 Å². The highest BCUT2D eigenvalue weighted by Crippen LogP contribution is 2.28. The van der Waals surface area contributed by atoms with Crippen LogP contribution in [0.1, 0.15) is 0 Å². The standard InChI is InChI=1S/C12H6BrClN2O2/c13-5-4-8(15)16-10-11(17)9-6(14)2-1-3-7(9)18-12(5)10/h1-4H,(H2,15,16). The Morgan fingerprint density at radius 3 is 2.94 bits per heavy atom. The molecular weight excluding hydrogens is 320 g/mol. The minimum Gasteiger partial charge on any atom is -0.453 e. The van der Waals surface area contributed by atoms with Crippen LogP contribution in [0.15, 0.2) is 37.9 Å². The van der Waals surface area contributed by atoms with Gasteiger partial charge in [-0.15, -0.1) is 0 Å². The average molecular weight is 326 g/mol. The smallest absolute Gasteiger partial charge is 0.220 e. The molecule has 3 aromatic rings. The van der Waals surface area contributed by atoms with E-state index < -0.39 is 0 Å². The Kier molecular flexibility index (Phi) is 2.53. The molecule has 2 aromatic heterocycles. The Labute approximate surface area is 114 Å². The number of nitrogens with zero attached hydrogens (tertiary/aromatic N) is 1. The van der Waals surface area contributed by atoms with Crippen molar-refractivity contribution in [2.45, 2.75) is 0 Å². The number of hydrogen-bond acceptors (Lipinski definition) is 4. The fourth-order valence-corrected chi connectivity index (χ4v) is 2.56. The number of halogens is 2. The van der Waals surface area contributed by atoms with Gasteiger partial charge in [0.15, 0.2) is 11.1 Å². The van der Waals surface area contributed by atoms with Gasteiger partial charge in [0, 0.05) is 0 Å². The van der Waals surface area contributed by atoms with Gasteiger partial charge in [-0.25, -0.2) is 4.98 Å². The molecule has 0 aliphatic heterocycles. The third-order valence-electron chi connectivity index (χ3n) is 2.58. The highest BCUT2D eigenvalue weighted by atomic mass is 79.9. The lowest BCUT2D eigenvalue weighted by Gasteiger charge is -2.04. The van der Waals surface area contributed by atoms with Crippen LogP contribution in [0, 0.1) is 0 Å². The number of anilines is 1. The molecule has 0 aliphatic rings. The highest BCUT2D eigenvalue weighted by molar-refractivity contribution is 9.10. The number of pyridine rings is 1. The molecule has 0 atom stereocenters. The molecule has 2 N–H and O–H groups in total. The quantitative estimate of drug-likeness (QED) is 0.644. The topological polar surface area (TPSA) is 69.1 Å². The molecule has 1 aromatic carbocycles. The van der Waals surface area contributed by atoms with Gasteiger partial charge >= 0.3 is 0 Å². The minimum absolute atomic E-state index is 0.169. The van der Waals surface area contributed by atoms with Gasteiger partial charge in [0.05, 0.1) is 14.9 Å². The summed E-state index contributed by atoms with van der Waals surface area (Å²) in [6, 6.07) is 6.62. The Morgan fingerprint density at radius 1 is 1.39 bits per heavy atom. The maximum atomic E-state index is 12.3. The van der Waals surface area contributed by atoms with Crippen molar-refractivity contribution in [1.29, 1.82) is 0 Å². The Bertz CT molecular complexity index is 845. The van der Waals surface area contributed by atoms with Crippen LogP contribution in [-0.4, -0.2) is 4.98 Å². The number of nitrogens with two attached hydrogens (primary N) is 1. The summed E-state index contributed by atoms with van der Waals surface area (Å²) >= 11 is 9.31. The zero-order valence-electron chi connectivity index (χ0n) is 8.91. The molecule has 0 spiro atoms. The molecule has 0 bridgehead atoms. The second-order valence-electron chi connectivity index (χ2n) is 3.75. The van der Waals surface area contributed by atoms with Crippen LogP contribution in [0.2, 0.25) is 5.02 Å². The lowest BCUT2D eigenvalue weighted by Crippen LogP contribution is -2.06. The largest absolute Gasteiger partial charge is 0.453 e. The summed E-state index contributed by atoms with van der Waals surface area (Å²) in [5.74, 6) is 0.244. The predicted molar refractivity (Wildman–Crippen MR) is 74.9 cm³/mol. The second-order valence-corrected chi connectivity index (χ2v) is 5.01. The lowest BCUT2D eigenvalue weighted by molar-refractivity contribution is 0.656. The number of rotatable bonds is 0. The molecule has 0 unspecified atom stereocenters. The van der Waals surface area contributed by atoms with Crippen LogP contribution in [0.5, 0.6) is 0 Å². The first-order valence-electron chi connectivity index (χ1n) is 5.05. The molecular formula is C12H6BrClN2O2. The van der Waals surface area contributed by atoms with Crippen molar-refractivity contribution in [1.82, 2.24) is 4.98 Å². The van der Waals surface area contributed by atoms with Crippen molar-refractivity contribution in [2.75, 3.05) is 5.73 Å². The van der Waals surface area contributed by atoms with Crippen LogP contribution in [-0.2, 0) is 0 Å². The molecule has 6 heteroatoms. The van der Waals surface area contributed by atoms with Crippen LogP contribution < -0.4 is 11.2 Å². The summed E-state index contributed by atoms with van der Waals surface area (Å²) in [5.41, 5.74) is 6.29. The molecule has 4 nitrogen and oxygen atoms in total. The van der Waals surface area contributed by atoms with Crippen molar-refractivity contribution in [3.05, 3.63) is 44.0 Å². The summed E-state index contributed by atoms with van der Waals surface area (Å²) < 4.78 is 6.23. The van der Waals surface area contributed by atoms with E-state index in [4.69, 9.17) is 21.8 Å². The fourth-order valence-electron chi connectivity index (χ4n) is 1.81. The number of fused-ring (bicyclic) bond motifs is 2. The van der Waals surface area contributed by atoms with Gasteiger partial charge in [0.25, 0.3) is 0 Å². The monoisotopic (exact) mass is 324 g/mol. The summed E-state index contributed by atoms with van der Waals surface area (Å²) in [5, 5.41) is 0.653. The normalized spacial score (nSPS) is 11.2. The number of benzene rings is 1. The molecule has 0 fully saturated rings. The average Bonchev–Trinajstić information content (AvgIpc) is 2.31. The van der Waals surface area contributed by atoms with Crippen molar-refractivity contribution >= 4 is 55.4 Å². The van der Waals surface area contributed by atoms with E-state index in [-0.39, 0.29) is 16.8 Å². The molecule has 2 heterocycles. The highest BCUT2D eigenvalue weighted by Gasteiger charge is 2.14. The molecule has 0 saturated heterocycles. The van der Waals surface area contributed by atoms with Crippen LogP contribution in [0.4, 0.5) is 5.82 Å². The maximum Gasteiger partial charge on any atom is 0.220 e. The van der Waals surface area contributed by atoms with Crippen molar-refractivity contribution in [3.8, 4) is 0 Å². The summed E-state index contributed by atoms with van der Waals surface area (Å²) in [7, 11) is 0. The second kappa shape index (κ2) is 3.96. The predicted octanol–water partition coefficient (Wildman–Crippen LogP) is 3.34. The molecule has 0 radical (unpaired) electrons. The third-order valence-corrected chi connectivity index (χ3v) is 3.48. The van der Waals surface area contributed by atoms with E-state index >= 15 is 0 Å². The first-order valence-corrected chi connectivity index (χ1v) is 6.22. The summed E-state index contributed by atoms with van der Waals surface area (Å²) in [4.78, 5) is 16.3. The van der Waals surface area contributed by atoms with Crippen LogP contribution in [0.3, 0.4) is 0 Å². The molecule has 0 aliphatic carbocycles. The zero-order chi connectivity index (χ0) is 12.9. The number of hydrogen-bond donors (Lipinski definition) is 1. The van der Waals surface area contributed by atoms with Gasteiger partial charge in [-0.3, -0.25) is 4.79 Å². The number of nitrogen functional groups attached to an aromatic ring is 1. The summed E-state index contributed by atoms with van der Waals surface area (Å²) in [6.45, 7) is 0. The van der Waals surface area contributed by atoms with E-state index in [1.807, 2.05) is 0 Å². The van der Waals surface area contributed by atoms with E-state index in [9.17, 15) is 4.79 Å². The van der Waals surface area contributed by atoms with E-state index in [0.717, 1.165) is 0 Å². The first kappa shape index (κ1) is 11.5. The summed E-state index contributed by atoms with van der Waals surface area (Å²) in [6.07, 6.45) is 0. The Hall–Kier alpha value is -1.59. The van der Waals surface area contributed by atoms with E-state index in [0.29, 0.717) is 26.0 Å². The molecule has 90 valence electrons. The Morgan fingerprint density at radius 2 is 2.17 bits per heavy atom. The molecule has 0 amide bonds. The molecule has 18 heavy (non-hydrogen) atoms. The van der Waals surface area contributed by atoms with Gasteiger partial charge in [-0.2, -0.15) is 0 Å². The minimum atomic E-state index is -0.287. The van der Waals surface area contributed by atoms with Gasteiger partial charge in [0.2, 0.25) is 5.43 Å². The Balaban J connectivity index is 2.66. The maximum absolute atomic E-state index is 12.3. The van der Waals surface area contributed by atoms with Crippen molar-refractivity contribution in [2.24, 2.45) is 0 Å². The zero-order valence-corrected chi connectivity index (χ0v) is 11.2. The van der Waals surface area contributed by atoms with Gasteiger partial charge in [-0.1, -0.05) is 17.7 Å². The van der Waals surface area contributed by atoms with E-state index in [1.54, 1.807) is 24.3 Å². The third kappa shape index (κ3) is 1.59. The SMILES string of the molecule is Nc1cc(Br)c2oc3cccc(Cl)c3c(=O)c2n1. The van der Waals surface area contributed by atoms with Crippen LogP contribution >= 0.6 is 27.5 Å². The molecule has 0 saturated carbocycles. The number of aromatic nitrogens is 1. The molecule has 3 rings (SSSR count).